The minimum absolute atomic E-state index is 0.0289. The van der Waals surface area contributed by atoms with Crippen molar-refractivity contribution < 1.29 is 9.53 Å². The van der Waals surface area contributed by atoms with Gasteiger partial charge in [0.25, 0.3) is 0 Å². The Morgan fingerprint density at radius 2 is 2.24 bits per heavy atom. The normalized spacial score (nSPS) is 18.8. The molecule has 0 spiro atoms. The molecule has 1 aliphatic heterocycles. The van der Waals surface area contributed by atoms with Crippen molar-refractivity contribution in [3.05, 3.63) is 34.9 Å². The zero-order valence-corrected chi connectivity index (χ0v) is 13.4. The lowest BCUT2D eigenvalue weighted by Gasteiger charge is -2.30. The lowest BCUT2D eigenvalue weighted by Crippen LogP contribution is -2.44. The molecule has 1 heterocycles. The zero-order valence-electron chi connectivity index (χ0n) is 12.6. The molecule has 0 saturated carbocycles. The second-order valence-electron chi connectivity index (χ2n) is 5.61. The summed E-state index contributed by atoms with van der Waals surface area (Å²) in [6, 6.07) is 7.79. The van der Waals surface area contributed by atoms with Crippen LogP contribution in [0.1, 0.15) is 25.8 Å². The predicted octanol–water partition coefficient (Wildman–Crippen LogP) is 2.46. The van der Waals surface area contributed by atoms with Gasteiger partial charge in [0.05, 0.1) is 19.1 Å². The van der Waals surface area contributed by atoms with E-state index >= 15 is 0 Å². The Morgan fingerprint density at radius 1 is 1.48 bits per heavy atom. The monoisotopic (exact) mass is 310 g/mol. The van der Waals surface area contributed by atoms with Gasteiger partial charge >= 0.3 is 0 Å². The van der Waals surface area contributed by atoms with Crippen LogP contribution < -0.4 is 5.32 Å². The number of carbonyl (C=O) groups excluding carboxylic acids is 1. The topological polar surface area (TPSA) is 41.6 Å². The van der Waals surface area contributed by atoms with Crippen molar-refractivity contribution in [2.24, 2.45) is 0 Å². The Labute approximate surface area is 131 Å². The molecule has 1 fully saturated rings. The van der Waals surface area contributed by atoms with E-state index in [0.717, 1.165) is 18.7 Å². The Bertz CT molecular complexity index is 473. The molecule has 0 radical (unpaired) electrons. The van der Waals surface area contributed by atoms with Crippen LogP contribution in [0.3, 0.4) is 0 Å². The van der Waals surface area contributed by atoms with E-state index in [9.17, 15) is 4.79 Å². The molecular formula is C16H23ClN2O2. The highest BCUT2D eigenvalue weighted by Gasteiger charge is 2.23. The molecule has 0 unspecified atom stereocenters. The molecule has 0 aromatic heterocycles. The van der Waals surface area contributed by atoms with E-state index in [1.165, 1.54) is 0 Å². The third kappa shape index (κ3) is 4.70. The molecule has 116 valence electrons. The number of benzene rings is 1. The summed E-state index contributed by atoms with van der Waals surface area (Å²) in [5, 5.41) is 3.95. The molecule has 1 aromatic rings. The SMILES string of the molecule is CC(C)N(Cc1ccccc1Cl)C(=O)C[C@H]1CNCCO1. The third-order valence-corrected chi connectivity index (χ3v) is 4.02. The van der Waals surface area contributed by atoms with Gasteiger partial charge in [0.2, 0.25) is 5.91 Å². The number of amides is 1. The lowest BCUT2D eigenvalue weighted by atomic mass is 10.1. The summed E-state index contributed by atoms with van der Waals surface area (Å²) in [5.74, 6) is 0.110. The number of nitrogens with one attached hydrogen (secondary N) is 1. The average molecular weight is 311 g/mol. The number of morpholine rings is 1. The summed E-state index contributed by atoms with van der Waals surface area (Å²) in [5.41, 5.74) is 0.976. The molecule has 2 rings (SSSR count). The van der Waals surface area contributed by atoms with E-state index < -0.39 is 0 Å². The first-order valence-corrected chi connectivity index (χ1v) is 7.81. The number of hydrogen-bond donors (Lipinski definition) is 1. The fraction of sp³-hybridized carbons (Fsp3) is 0.562. The number of nitrogens with zero attached hydrogens (tertiary/aromatic N) is 1. The second kappa shape index (κ2) is 7.78. The van der Waals surface area contributed by atoms with Gasteiger partial charge in [-0.2, -0.15) is 0 Å². The van der Waals surface area contributed by atoms with Gasteiger partial charge < -0.3 is 15.0 Å². The summed E-state index contributed by atoms with van der Waals surface area (Å²) in [6.45, 7) is 6.85. The molecule has 0 bridgehead atoms. The fourth-order valence-corrected chi connectivity index (χ4v) is 2.63. The smallest absolute Gasteiger partial charge is 0.225 e. The molecule has 1 N–H and O–H groups in total. The van der Waals surface area contributed by atoms with Crippen LogP contribution in [0, 0.1) is 0 Å². The first kappa shape index (κ1) is 16.3. The van der Waals surface area contributed by atoms with Crippen LogP contribution in [0.15, 0.2) is 24.3 Å². The van der Waals surface area contributed by atoms with E-state index in [-0.39, 0.29) is 18.1 Å². The van der Waals surface area contributed by atoms with Gasteiger partial charge in [0.1, 0.15) is 0 Å². The largest absolute Gasteiger partial charge is 0.375 e. The first-order chi connectivity index (χ1) is 10.1. The Hall–Kier alpha value is -1.10. The number of rotatable bonds is 5. The van der Waals surface area contributed by atoms with Crippen molar-refractivity contribution in [3.63, 3.8) is 0 Å². The first-order valence-electron chi connectivity index (χ1n) is 7.43. The molecule has 0 aliphatic carbocycles. The number of ether oxygens (including phenoxy) is 1. The van der Waals surface area contributed by atoms with Crippen molar-refractivity contribution in [3.8, 4) is 0 Å². The maximum absolute atomic E-state index is 12.5. The van der Waals surface area contributed by atoms with Crippen LogP contribution >= 0.6 is 11.6 Å². The van der Waals surface area contributed by atoms with E-state index in [4.69, 9.17) is 16.3 Å². The van der Waals surface area contributed by atoms with Gasteiger partial charge in [-0.05, 0) is 25.5 Å². The maximum Gasteiger partial charge on any atom is 0.225 e. The van der Waals surface area contributed by atoms with E-state index in [1.54, 1.807) is 0 Å². The highest BCUT2D eigenvalue weighted by molar-refractivity contribution is 6.31. The fourth-order valence-electron chi connectivity index (χ4n) is 2.43. The van der Waals surface area contributed by atoms with Crippen molar-refractivity contribution in [1.82, 2.24) is 10.2 Å². The van der Waals surface area contributed by atoms with E-state index in [0.29, 0.717) is 24.6 Å². The van der Waals surface area contributed by atoms with Gasteiger partial charge in [-0.15, -0.1) is 0 Å². The number of halogens is 1. The minimum Gasteiger partial charge on any atom is -0.375 e. The van der Waals surface area contributed by atoms with Gasteiger partial charge in [0.15, 0.2) is 0 Å². The van der Waals surface area contributed by atoms with Crippen molar-refractivity contribution in [2.45, 2.75) is 39.0 Å². The van der Waals surface area contributed by atoms with Crippen molar-refractivity contribution >= 4 is 17.5 Å². The molecule has 1 saturated heterocycles. The number of carbonyl (C=O) groups is 1. The molecule has 1 aliphatic rings. The number of hydrogen-bond acceptors (Lipinski definition) is 3. The quantitative estimate of drug-likeness (QED) is 0.908. The van der Waals surface area contributed by atoms with E-state index in [2.05, 4.69) is 5.32 Å². The predicted molar refractivity (Wildman–Crippen MR) is 84.4 cm³/mol. The van der Waals surface area contributed by atoms with Gasteiger partial charge in [-0.25, -0.2) is 0 Å². The highest BCUT2D eigenvalue weighted by Crippen LogP contribution is 2.19. The van der Waals surface area contributed by atoms with Crippen molar-refractivity contribution in [2.75, 3.05) is 19.7 Å². The molecule has 1 aromatic carbocycles. The molecular weight excluding hydrogens is 288 g/mol. The lowest BCUT2D eigenvalue weighted by molar-refractivity contribution is -0.137. The molecule has 1 amide bonds. The van der Waals surface area contributed by atoms with Gasteiger partial charge in [0, 0.05) is 30.7 Å². The molecule has 4 nitrogen and oxygen atoms in total. The van der Waals surface area contributed by atoms with Gasteiger partial charge in [-0.3, -0.25) is 4.79 Å². The van der Waals surface area contributed by atoms with Crippen LogP contribution in [-0.2, 0) is 16.1 Å². The minimum atomic E-state index is -0.0289. The van der Waals surface area contributed by atoms with Crippen LogP contribution in [0.2, 0.25) is 5.02 Å². The molecule has 5 heteroatoms. The Balaban J connectivity index is 2.00. The molecule has 21 heavy (non-hydrogen) atoms. The summed E-state index contributed by atoms with van der Waals surface area (Å²) in [6.07, 6.45) is 0.383. The van der Waals surface area contributed by atoms with E-state index in [1.807, 2.05) is 43.0 Å². The van der Waals surface area contributed by atoms with Crippen molar-refractivity contribution in [1.29, 1.82) is 0 Å². The molecule has 1 atom stereocenters. The Kier molecular flexibility index (Phi) is 6.03. The standard InChI is InChI=1S/C16H23ClN2O2/c1-12(2)19(11-13-5-3-4-6-15(13)17)16(20)9-14-10-18-7-8-21-14/h3-6,12,14,18H,7-11H2,1-2H3/t14-/m0/s1. The summed E-state index contributed by atoms with van der Waals surface area (Å²) >= 11 is 6.20. The van der Waals surface area contributed by atoms with Crippen LogP contribution in [0.4, 0.5) is 0 Å². The van der Waals surface area contributed by atoms with Crippen LogP contribution in [0.5, 0.6) is 0 Å². The third-order valence-electron chi connectivity index (χ3n) is 3.65. The summed E-state index contributed by atoms with van der Waals surface area (Å²) in [4.78, 5) is 14.4. The van der Waals surface area contributed by atoms with Crippen LogP contribution in [-0.4, -0.2) is 42.6 Å². The average Bonchev–Trinajstić information content (AvgIpc) is 2.47. The summed E-state index contributed by atoms with van der Waals surface area (Å²) < 4.78 is 5.62. The zero-order chi connectivity index (χ0) is 15.2. The maximum atomic E-state index is 12.5. The van der Waals surface area contributed by atoms with Gasteiger partial charge in [-0.1, -0.05) is 29.8 Å². The van der Waals surface area contributed by atoms with Crippen LogP contribution in [0.25, 0.3) is 0 Å². The summed E-state index contributed by atoms with van der Waals surface area (Å²) in [7, 11) is 0. The Morgan fingerprint density at radius 3 is 2.86 bits per heavy atom. The highest BCUT2D eigenvalue weighted by atomic mass is 35.5. The second-order valence-corrected chi connectivity index (χ2v) is 6.02.